The summed E-state index contributed by atoms with van der Waals surface area (Å²) in [6.07, 6.45) is 8.82. The van der Waals surface area contributed by atoms with E-state index in [-0.39, 0.29) is 6.10 Å². The number of aryl methyl sites for hydroxylation is 3. The first kappa shape index (κ1) is 27.9. The molecule has 2 aliphatic heterocycles. The highest BCUT2D eigenvalue weighted by Gasteiger charge is 2.29. The fraction of sp³-hybridized carbons (Fsp3) is 0.514. The Hall–Kier alpha value is -2.69. The lowest BCUT2D eigenvalue weighted by molar-refractivity contribution is 0.0246. The van der Waals surface area contributed by atoms with Crippen molar-refractivity contribution in [1.82, 2.24) is 9.88 Å². The summed E-state index contributed by atoms with van der Waals surface area (Å²) in [7, 11) is 0. The van der Waals surface area contributed by atoms with E-state index in [0.717, 1.165) is 75.5 Å². The Kier molecular flexibility index (Phi) is 9.36. The first-order valence-corrected chi connectivity index (χ1v) is 15.3. The zero-order chi connectivity index (χ0) is 27.2. The van der Waals surface area contributed by atoms with E-state index in [1.807, 2.05) is 0 Å². The molecule has 1 aromatic heterocycles. The SMILES string of the molecule is CCCCC1c2ccccc2CCN1Cc1c(OC2CCOCC2)cc(-c2c(CC)cccc2CC)nc1C. The quantitative estimate of drug-likeness (QED) is 0.268. The molecule has 1 saturated heterocycles. The monoisotopic (exact) mass is 526 g/mol. The molecule has 3 heterocycles. The number of unbranched alkanes of at least 4 members (excludes halogenated alkanes) is 1. The van der Waals surface area contributed by atoms with Crippen molar-refractivity contribution < 1.29 is 9.47 Å². The summed E-state index contributed by atoms with van der Waals surface area (Å²) in [6, 6.07) is 18.5. The van der Waals surface area contributed by atoms with Gasteiger partial charge in [-0.2, -0.15) is 0 Å². The molecule has 2 aromatic carbocycles. The zero-order valence-electron chi connectivity index (χ0n) is 24.5. The molecule has 3 aromatic rings. The van der Waals surface area contributed by atoms with Crippen LogP contribution < -0.4 is 4.74 Å². The number of hydrogen-bond donors (Lipinski definition) is 0. The number of rotatable bonds is 10. The minimum absolute atomic E-state index is 0.192. The normalized spacial score (nSPS) is 18.2. The predicted octanol–water partition coefficient (Wildman–Crippen LogP) is 8.03. The van der Waals surface area contributed by atoms with E-state index in [4.69, 9.17) is 14.5 Å². The fourth-order valence-corrected chi connectivity index (χ4v) is 6.47. The lowest BCUT2D eigenvalue weighted by atomic mass is 9.89. The Morgan fingerprint density at radius 1 is 0.974 bits per heavy atom. The molecule has 39 heavy (non-hydrogen) atoms. The average Bonchev–Trinajstić information content (AvgIpc) is 2.98. The standard InChI is InChI=1S/C35H46N2O2/c1-5-8-16-33-30-15-10-9-12-28(30)17-20-37(33)24-31-25(4)36-32(23-34(31)39-29-18-21-38-22-19-29)35-26(6-2)13-11-14-27(35)7-3/h9-15,23,29,33H,5-8,16-22,24H2,1-4H3. The second-order valence-corrected chi connectivity index (χ2v) is 11.2. The van der Waals surface area contributed by atoms with Crippen molar-refractivity contribution in [3.8, 4) is 17.0 Å². The molecule has 0 N–H and O–H groups in total. The van der Waals surface area contributed by atoms with Crippen molar-refractivity contribution in [1.29, 1.82) is 0 Å². The third kappa shape index (κ3) is 6.23. The molecule has 208 valence electrons. The molecule has 2 aliphatic rings. The van der Waals surface area contributed by atoms with Gasteiger partial charge in [0.1, 0.15) is 11.9 Å². The largest absolute Gasteiger partial charge is 0.490 e. The highest BCUT2D eigenvalue weighted by atomic mass is 16.5. The average molecular weight is 527 g/mol. The molecule has 1 atom stereocenters. The van der Waals surface area contributed by atoms with Crippen LogP contribution in [0.1, 0.15) is 92.4 Å². The van der Waals surface area contributed by atoms with E-state index in [9.17, 15) is 0 Å². The van der Waals surface area contributed by atoms with Crippen molar-refractivity contribution in [2.24, 2.45) is 0 Å². The predicted molar refractivity (Wildman–Crippen MR) is 160 cm³/mol. The van der Waals surface area contributed by atoms with Crippen LogP contribution in [0.15, 0.2) is 48.5 Å². The maximum atomic E-state index is 6.86. The van der Waals surface area contributed by atoms with Crippen LogP contribution in [0.5, 0.6) is 5.75 Å². The smallest absolute Gasteiger partial charge is 0.128 e. The molecule has 4 nitrogen and oxygen atoms in total. The van der Waals surface area contributed by atoms with Gasteiger partial charge in [-0.05, 0) is 54.9 Å². The van der Waals surface area contributed by atoms with Crippen molar-refractivity contribution in [2.45, 2.75) is 97.8 Å². The van der Waals surface area contributed by atoms with Gasteiger partial charge in [-0.25, -0.2) is 0 Å². The van der Waals surface area contributed by atoms with E-state index in [0.29, 0.717) is 6.04 Å². The summed E-state index contributed by atoms with van der Waals surface area (Å²) in [5.41, 5.74) is 10.4. The van der Waals surface area contributed by atoms with Crippen LogP contribution in [0.3, 0.4) is 0 Å². The van der Waals surface area contributed by atoms with Crippen molar-refractivity contribution in [3.63, 3.8) is 0 Å². The maximum Gasteiger partial charge on any atom is 0.128 e. The Balaban J connectivity index is 1.55. The second kappa shape index (κ2) is 13.1. The Morgan fingerprint density at radius 2 is 1.72 bits per heavy atom. The third-order valence-electron chi connectivity index (χ3n) is 8.72. The summed E-state index contributed by atoms with van der Waals surface area (Å²) in [5.74, 6) is 1.02. The summed E-state index contributed by atoms with van der Waals surface area (Å²) in [6.45, 7) is 12.5. The Labute approximate surface area is 235 Å². The van der Waals surface area contributed by atoms with Gasteiger partial charge in [-0.15, -0.1) is 0 Å². The van der Waals surface area contributed by atoms with Crippen LogP contribution in [0, 0.1) is 6.92 Å². The first-order chi connectivity index (χ1) is 19.1. The summed E-state index contributed by atoms with van der Waals surface area (Å²) >= 11 is 0. The molecule has 1 unspecified atom stereocenters. The minimum atomic E-state index is 0.192. The van der Waals surface area contributed by atoms with Gasteiger partial charge in [-0.1, -0.05) is 76.1 Å². The molecule has 1 fully saturated rings. The molecule has 4 heteroatoms. The van der Waals surface area contributed by atoms with Crippen LogP contribution in [-0.2, 0) is 30.5 Å². The van der Waals surface area contributed by atoms with E-state index < -0.39 is 0 Å². The number of nitrogens with zero attached hydrogens (tertiary/aromatic N) is 2. The summed E-state index contributed by atoms with van der Waals surface area (Å²) in [4.78, 5) is 7.97. The van der Waals surface area contributed by atoms with Gasteiger partial charge in [0, 0.05) is 54.9 Å². The Bertz CT molecular complexity index is 1230. The Morgan fingerprint density at radius 3 is 2.44 bits per heavy atom. The van der Waals surface area contributed by atoms with E-state index in [1.54, 1.807) is 0 Å². The van der Waals surface area contributed by atoms with Crippen molar-refractivity contribution in [2.75, 3.05) is 19.8 Å². The van der Waals surface area contributed by atoms with Crippen LogP contribution in [0.25, 0.3) is 11.3 Å². The second-order valence-electron chi connectivity index (χ2n) is 11.2. The number of aromatic nitrogens is 1. The topological polar surface area (TPSA) is 34.6 Å². The molecular formula is C35H46N2O2. The van der Waals surface area contributed by atoms with Crippen LogP contribution >= 0.6 is 0 Å². The zero-order valence-corrected chi connectivity index (χ0v) is 24.5. The summed E-state index contributed by atoms with van der Waals surface area (Å²) < 4.78 is 12.5. The van der Waals surface area contributed by atoms with E-state index >= 15 is 0 Å². The maximum absolute atomic E-state index is 6.86. The van der Waals surface area contributed by atoms with Crippen molar-refractivity contribution >= 4 is 0 Å². The lowest BCUT2D eigenvalue weighted by Crippen LogP contribution is -2.35. The molecule has 5 rings (SSSR count). The molecular weight excluding hydrogens is 480 g/mol. The van der Waals surface area contributed by atoms with Crippen LogP contribution in [0.2, 0.25) is 0 Å². The lowest BCUT2D eigenvalue weighted by Gasteiger charge is -2.38. The first-order valence-electron chi connectivity index (χ1n) is 15.3. The van der Waals surface area contributed by atoms with Gasteiger partial charge < -0.3 is 9.47 Å². The molecule has 0 saturated carbocycles. The highest BCUT2D eigenvalue weighted by Crippen LogP contribution is 2.38. The van der Waals surface area contributed by atoms with E-state index in [1.165, 1.54) is 52.6 Å². The minimum Gasteiger partial charge on any atom is -0.490 e. The molecule has 0 radical (unpaired) electrons. The van der Waals surface area contributed by atoms with Gasteiger partial charge in [0.05, 0.1) is 18.9 Å². The number of fused-ring (bicyclic) bond motifs is 1. The molecule has 0 spiro atoms. The number of benzene rings is 2. The third-order valence-corrected chi connectivity index (χ3v) is 8.72. The molecule has 0 amide bonds. The van der Waals surface area contributed by atoms with E-state index in [2.05, 4.69) is 81.1 Å². The van der Waals surface area contributed by atoms with Crippen LogP contribution in [0.4, 0.5) is 0 Å². The number of hydrogen-bond acceptors (Lipinski definition) is 4. The number of pyridine rings is 1. The fourth-order valence-electron chi connectivity index (χ4n) is 6.47. The summed E-state index contributed by atoms with van der Waals surface area (Å²) in [5, 5.41) is 0. The highest BCUT2D eigenvalue weighted by molar-refractivity contribution is 5.70. The van der Waals surface area contributed by atoms with Gasteiger partial charge in [0.2, 0.25) is 0 Å². The van der Waals surface area contributed by atoms with Crippen molar-refractivity contribution in [3.05, 3.63) is 82.0 Å². The van der Waals surface area contributed by atoms with Crippen LogP contribution in [-0.4, -0.2) is 35.7 Å². The molecule has 0 bridgehead atoms. The molecule has 0 aliphatic carbocycles. The van der Waals surface area contributed by atoms with Gasteiger partial charge >= 0.3 is 0 Å². The van der Waals surface area contributed by atoms with Gasteiger partial charge in [0.15, 0.2) is 0 Å². The van der Waals surface area contributed by atoms with Gasteiger partial charge in [0.25, 0.3) is 0 Å². The van der Waals surface area contributed by atoms with Gasteiger partial charge in [-0.3, -0.25) is 9.88 Å². The number of ether oxygens (including phenoxy) is 2.